The van der Waals surface area contributed by atoms with Crippen molar-refractivity contribution in [1.29, 1.82) is 0 Å². The van der Waals surface area contributed by atoms with E-state index in [2.05, 4.69) is 6.92 Å². The molecule has 1 aliphatic heterocycles. The van der Waals surface area contributed by atoms with Crippen LogP contribution in [0.2, 0.25) is 0 Å². The number of piperidine rings is 1. The number of benzene rings is 1. The molecule has 1 fully saturated rings. The Labute approximate surface area is 109 Å². The molecule has 100 valence electrons. The third kappa shape index (κ3) is 2.52. The first kappa shape index (κ1) is 13.4. The van der Waals surface area contributed by atoms with Gasteiger partial charge in [-0.1, -0.05) is 6.92 Å². The lowest BCUT2D eigenvalue weighted by Gasteiger charge is -2.29. The molecule has 18 heavy (non-hydrogen) atoms. The van der Waals surface area contributed by atoms with E-state index in [1.165, 1.54) is 0 Å². The van der Waals surface area contributed by atoms with E-state index >= 15 is 0 Å². The van der Waals surface area contributed by atoms with Crippen LogP contribution in [0.4, 0.5) is 5.69 Å². The Hall–Kier alpha value is -1.07. The van der Waals surface area contributed by atoms with Crippen molar-refractivity contribution in [3.8, 4) is 0 Å². The van der Waals surface area contributed by atoms with Crippen molar-refractivity contribution in [1.82, 2.24) is 4.31 Å². The van der Waals surface area contributed by atoms with Gasteiger partial charge in [-0.15, -0.1) is 0 Å². The number of hydrogen-bond acceptors (Lipinski definition) is 3. The highest BCUT2D eigenvalue weighted by Gasteiger charge is 2.28. The predicted molar refractivity (Wildman–Crippen MR) is 72.7 cm³/mol. The van der Waals surface area contributed by atoms with Crippen LogP contribution in [-0.4, -0.2) is 25.8 Å². The zero-order chi connectivity index (χ0) is 13.3. The molecule has 1 aliphatic rings. The smallest absolute Gasteiger partial charge is 0.243 e. The summed E-state index contributed by atoms with van der Waals surface area (Å²) in [6, 6.07) is 4.96. The van der Waals surface area contributed by atoms with Crippen molar-refractivity contribution < 1.29 is 8.42 Å². The molecule has 0 aliphatic carbocycles. The molecule has 0 saturated carbocycles. The van der Waals surface area contributed by atoms with E-state index in [1.807, 2.05) is 0 Å². The van der Waals surface area contributed by atoms with Crippen LogP contribution >= 0.6 is 0 Å². The molecule has 0 amide bonds. The van der Waals surface area contributed by atoms with Crippen LogP contribution < -0.4 is 5.73 Å². The maximum absolute atomic E-state index is 12.5. The summed E-state index contributed by atoms with van der Waals surface area (Å²) in [7, 11) is -3.36. The summed E-state index contributed by atoms with van der Waals surface area (Å²) >= 11 is 0. The molecule has 2 rings (SSSR count). The second-order valence-corrected chi connectivity index (χ2v) is 7.02. The Morgan fingerprint density at radius 3 is 2.44 bits per heavy atom. The average molecular weight is 268 g/mol. The molecule has 0 bridgehead atoms. The van der Waals surface area contributed by atoms with Crippen molar-refractivity contribution >= 4 is 15.7 Å². The molecular weight excluding hydrogens is 248 g/mol. The highest BCUT2D eigenvalue weighted by Crippen LogP contribution is 2.26. The maximum Gasteiger partial charge on any atom is 0.243 e. The summed E-state index contributed by atoms with van der Waals surface area (Å²) < 4.78 is 26.6. The average Bonchev–Trinajstić information content (AvgIpc) is 2.29. The summed E-state index contributed by atoms with van der Waals surface area (Å²) in [4.78, 5) is 0.381. The largest absolute Gasteiger partial charge is 0.399 e. The van der Waals surface area contributed by atoms with Crippen molar-refractivity contribution in [2.75, 3.05) is 18.8 Å². The molecule has 0 radical (unpaired) electrons. The number of anilines is 1. The summed E-state index contributed by atoms with van der Waals surface area (Å²) in [5, 5.41) is 0. The molecule has 1 aromatic carbocycles. The number of nitrogens with two attached hydrogens (primary N) is 1. The lowest BCUT2D eigenvalue weighted by atomic mass is 10.0. The van der Waals surface area contributed by atoms with E-state index in [0.717, 1.165) is 12.8 Å². The van der Waals surface area contributed by atoms with Crippen LogP contribution in [-0.2, 0) is 10.0 Å². The SMILES string of the molecule is Cc1cc(N)ccc1S(=O)(=O)N1CCC(C)CC1. The summed E-state index contributed by atoms with van der Waals surface area (Å²) in [5.74, 6) is 0.615. The van der Waals surface area contributed by atoms with E-state index in [-0.39, 0.29) is 0 Å². The molecule has 0 unspecified atom stereocenters. The number of nitrogen functional groups attached to an aromatic ring is 1. The van der Waals surface area contributed by atoms with Gasteiger partial charge in [0.15, 0.2) is 0 Å². The second kappa shape index (κ2) is 4.90. The molecule has 0 aromatic heterocycles. The van der Waals surface area contributed by atoms with Crippen LogP contribution in [0.1, 0.15) is 25.3 Å². The van der Waals surface area contributed by atoms with Gasteiger partial charge in [-0.3, -0.25) is 0 Å². The van der Waals surface area contributed by atoms with Crippen LogP contribution in [0.15, 0.2) is 23.1 Å². The molecule has 0 spiro atoms. The van der Waals surface area contributed by atoms with Gasteiger partial charge in [-0.2, -0.15) is 4.31 Å². The topological polar surface area (TPSA) is 63.4 Å². The van der Waals surface area contributed by atoms with E-state index in [9.17, 15) is 8.42 Å². The van der Waals surface area contributed by atoms with Gasteiger partial charge in [0.25, 0.3) is 0 Å². The number of aryl methyl sites for hydroxylation is 1. The lowest BCUT2D eigenvalue weighted by Crippen LogP contribution is -2.38. The van der Waals surface area contributed by atoms with Gasteiger partial charge >= 0.3 is 0 Å². The zero-order valence-electron chi connectivity index (χ0n) is 10.9. The van der Waals surface area contributed by atoms with Gasteiger partial charge in [0.2, 0.25) is 10.0 Å². The molecule has 5 heteroatoms. The van der Waals surface area contributed by atoms with E-state index in [1.54, 1.807) is 29.4 Å². The number of sulfonamides is 1. The molecular formula is C13H20N2O2S. The van der Waals surface area contributed by atoms with Crippen molar-refractivity contribution in [3.63, 3.8) is 0 Å². The fourth-order valence-corrected chi connectivity index (χ4v) is 4.00. The fourth-order valence-electron chi connectivity index (χ4n) is 2.33. The van der Waals surface area contributed by atoms with Gasteiger partial charge in [-0.05, 0) is 49.4 Å². The van der Waals surface area contributed by atoms with Crippen molar-refractivity contribution in [3.05, 3.63) is 23.8 Å². The van der Waals surface area contributed by atoms with E-state index in [4.69, 9.17) is 5.73 Å². The third-order valence-electron chi connectivity index (χ3n) is 3.56. The third-order valence-corrected chi connectivity index (χ3v) is 5.62. The maximum atomic E-state index is 12.5. The van der Waals surface area contributed by atoms with Crippen LogP contribution in [0.5, 0.6) is 0 Å². The Morgan fingerprint density at radius 2 is 1.89 bits per heavy atom. The van der Waals surface area contributed by atoms with Crippen molar-refractivity contribution in [2.24, 2.45) is 5.92 Å². The highest BCUT2D eigenvalue weighted by atomic mass is 32.2. The monoisotopic (exact) mass is 268 g/mol. The zero-order valence-corrected chi connectivity index (χ0v) is 11.7. The Kier molecular flexibility index (Phi) is 3.64. The number of hydrogen-bond donors (Lipinski definition) is 1. The summed E-state index contributed by atoms with van der Waals surface area (Å²) in [6.45, 7) is 5.19. The lowest BCUT2D eigenvalue weighted by molar-refractivity contribution is 0.288. The van der Waals surface area contributed by atoms with Gasteiger partial charge in [-0.25, -0.2) is 8.42 Å². The van der Waals surface area contributed by atoms with Gasteiger partial charge in [0.1, 0.15) is 0 Å². The first-order valence-corrected chi connectivity index (χ1v) is 7.71. The highest BCUT2D eigenvalue weighted by molar-refractivity contribution is 7.89. The minimum absolute atomic E-state index is 0.381. The summed E-state index contributed by atoms with van der Waals surface area (Å²) in [5.41, 5.74) is 6.97. The first-order valence-electron chi connectivity index (χ1n) is 6.27. The second-order valence-electron chi connectivity index (χ2n) is 5.11. The number of nitrogens with zero attached hydrogens (tertiary/aromatic N) is 1. The van der Waals surface area contributed by atoms with Crippen LogP contribution in [0.25, 0.3) is 0 Å². The minimum Gasteiger partial charge on any atom is -0.399 e. The van der Waals surface area contributed by atoms with Gasteiger partial charge < -0.3 is 5.73 Å². The molecule has 1 saturated heterocycles. The van der Waals surface area contributed by atoms with Crippen LogP contribution in [0, 0.1) is 12.8 Å². The van der Waals surface area contributed by atoms with Gasteiger partial charge in [0, 0.05) is 18.8 Å². The van der Waals surface area contributed by atoms with E-state index in [0.29, 0.717) is 35.2 Å². The molecule has 0 atom stereocenters. The Balaban J connectivity index is 2.30. The standard InChI is InChI=1S/C13H20N2O2S/c1-10-5-7-15(8-6-10)18(16,17)13-4-3-12(14)9-11(13)2/h3-4,9-10H,5-8,14H2,1-2H3. The fraction of sp³-hybridized carbons (Fsp3) is 0.538. The molecule has 1 heterocycles. The normalized spacial score (nSPS) is 19.0. The first-order chi connectivity index (χ1) is 8.41. The molecule has 1 aromatic rings. The molecule has 2 N–H and O–H groups in total. The predicted octanol–water partition coefficient (Wildman–Crippen LogP) is 2.00. The Morgan fingerprint density at radius 1 is 1.28 bits per heavy atom. The minimum atomic E-state index is -3.36. The van der Waals surface area contributed by atoms with Gasteiger partial charge in [0.05, 0.1) is 4.90 Å². The Bertz CT molecular complexity index is 532. The van der Waals surface area contributed by atoms with Crippen molar-refractivity contribution in [2.45, 2.75) is 31.6 Å². The molecule has 4 nitrogen and oxygen atoms in total. The van der Waals surface area contributed by atoms with E-state index < -0.39 is 10.0 Å². The summed E-state index contributed by atoms with van der Waals surface area (Å²) in [6.07, 6.45) is 1.88. The number of rotatable bonds is 2. The quantitative estimate of drug-likeness (QED) is 0.834. The van der Waals surface area contributed by atoms with Crippen LogP contribution in [0.3, 0.4) is 0 Å².